The minimum atomic E-state index is -3.91. The predicted molar refractivity (Wildman–Crippen MR) is 109 cm³/mol. The van der Waals surface area contributed by atoms with Crippen LogP contribution >= 0.6 is 12.4 Å². The number of amides is 1. The minimum Gasteiger partial charge on any atom is -0.348 e. The fraction of sp³-hybridized carbons (Fsp3) is 0.316. The van der Waals surface area contributed by atoms with Crippen LogP contribution in [0.15, 0.2) is 47.4 Å². The molecule has 6 nitrogen and oxygen atoms in total. The highest BCUT2D eigenvalue weighted by atomic mass is 35.5. The summed E-state index contributed by atoms with van der Waals surface area (Å²) >= 11 is 0. The van der Waals surface area contributed by atoms with Gasteiger partial charge in [-0.1, -0.05) is 6.07 Å². The average molecular weight is 428 g/mol. The highest BCUT2D eigenvalue weighted by molar-refractivity contribution is 7.92. The molecule has 1 aliphatic rings. The lowest BCUT2D eigenvalue weighted by Gasteiger charge is -2.24. The van der Waals surface area contributed by atoms with Crippen LogP contribution in [0.25, 0.3) is 0 Å². The van der Waals surface area contributed by atoms with Crippen LogP contribution in [0.2, 0.25) is 0 Å². The zero-order chi connectivity index (χ0) is 19.4. The van der Waals surface area contributed by atoms with Gasteiger partial charge in [0.1, 0.15) is 5.82 Å². The third-order valence-electron chi connectivity index (χ3n) is 4.47. The molecular weight excluding hydrogens is 405 g/mol. The molecule has 0 unspecified atom stereocenters. The van der Waals surface area contributed by atoms with Crippen molar-refractivity contribution in [3.05, 3.63) is 59.4 Å². The maximum atomic E-state index is 13.0. The number of hydrogen-bond donors (Lipinski definition) is 3. The minimum absolute atomic E-state index is 0. The molecule has 3 rings (SSSR count). The van der Waals surface area contributed by atoms with Gasteiger partial charge in [-0.05, 0) is 68.3 Å². The third kappa shape index (κ3) is 5.43. The highest BCUT2D eigenvalue weighted by Gasteiger charge is 2.21. The van der Waals surface area contributed by atoms with Crippen LogP contribution in [0.3, 0.4) is 0 Å². The van der Waals surface area contributed by atoms with Gasteiger partial charge in [-0.15, -0.1) is 12.4 Å². The Morgan fingerprint density at radius 2 is 1.89 bits per heavy atom. The topological polar surface area (TPSA) is 87.3 Å². The molecule has 0 aromatic heterocycles. The molecule has 1 saturated heterocycles. The Balaban J connectivity index is 0.00000280. The molecule has 28 heavy (non-hydrogen) atoms. The molecule has 1 aliphatic heterocycles. The van der Waals surface area contributed by atoms with Crippen LogP contribution in [-0.4, -0.2) is 33.5 Å². The van der Waals surface area contributed by atoms with E-state index in [2.05, 4.69) is 15.4 Å². The van der Waals surface area contributed by atoms with Gasteiger partial charge in [-0.25, -0.2) is 12.8 Å². The lowest BCUT2D eigenvalue weighted by atomic mass is 10.1. The summed E-state index contributed by atoms with van der Waals surface area (Å²) in [6.07, 6.45) is 1.88. The van der Waals surface area contributed by atoms with Crippen molar-refractivity contribution in [1.29, 1.82) is 0 Å². The van der Waals surface area contributed by atoms with E-state index in [0.717, 1.165) is 19.4 Å². The smallest absolute Gasteiger partial charge is 0.262 e. The summed E-state index contributed by atoms with van der Waals surface area (Å²) in [6.45, 7) is 3.30. The first kappa shape index (κ1) is 22.1. The zero-order valence-electron chi connectivity index (χ0n) is 15.4. The van der Waals surface area contributed by atoms with Crippen molar-refractivity contribution in [2.45, 2.75) is 30.7 Å². The number of piperidine rings is 1. The molecule has 0 radical (unpaired) electrons. The summed E-state index contributed by atoms with van der Waals surface area (Å²) in [5, 5.41) is 6.15. The first-order chi connectivity index (χ1) is 12.8. The van der Waals surface area contributed by atoms with Gasteiger partial charge in [0.25, 0.3) is 15.9 Å². The van der Waals surface area contributed by atoms with Crippen molar-refractivity contribution in [3.63, 3.8) is 0 Å². The Labute approximate surface area is 170 Å². The molecule has 3 N–H and O–H groups in total. The average Bonchev–Trinajstić information content (AvgIpc) is 2.64. The van der Waals surface area contributed by atoms with E-state index in [-0.39, 0.29) is 40.5 Å². The van der Waals surface area contributed by atoms with Gasteiger partial charge in [-0.2, -0.15) is 0 Å². The molecule has 2 aromatic rings. The van der Waals surface area contributed by atoms with Crippen molar-refractivity contribution in [3.8, 4) is 0 Å². The molecule has 152 valence electrons. The molecule has 0 bridgehead atoms. The SMILES string of the molecule is Cc1ccc(C(=O)N[C@H]2CCCNC2)cc1S(=O)(=O)Nc1ccc(F)cc1.Cl. The summed E-state index contributed by atoms with van der Waals surface area (Å²) in [7, 11) is -3.91. The zero-order valence-corrected chi connectivity index (χ0v) is 17.0. The highest BCUT2D eigenvalue weighted by Crippen LogP contribution is 2.21. The number of benzene rings is 2. The number of nitrogens with one attached hydrogen (secondary N) is 3. The molecular formula is C19H23ClFN3O3S. The Morgan fingerprint density at radius 3 is 2.54 bits per heavy atom. The quantitative estimate of drug-likeness (QED) is 0.684. The first-order valence-electron chi connectivity index (χ1n) is 8.76. The second-order valence-corrected chi connectivity index (χ2v) is 8.26. The summed E-state index contributed by atoms with van der Waals surface area (Å²) in [5.41, 5.74) is 1.05. The van der Waals surface area contributed by atoms with Crippen molar-refractivity contribution in [2.75, 3.05) is 17.8 Å². The Hall–Kier alpha value is -2.16. The van der Waals surface area contributed by atoms with Crippen LogP contribution < -0.4 is 15.4 Å². The lowest BCUT2D eigenvalue weighted by Crippen LogP contribution is -2.45. The number of carbonyl (C=O) groups excluding carboxylic acids is 1. The predicted octanol–water partition coefficient (Wildman–Crippen LogP) is 2.84. The standard InChI is InChI=1S/C19H22FN3O3S.ClH/c1-13-4-5-14(19(24)22-17-3-2-10-21-12-17)11-18(13)27(25,26)23-16-8-6-15(20)7-9-16;/h4-9,11,17,21,23H,2-3,10,12H2,1H3,(H,22,24);1H/t17-;/m0./s1. The van der Waals surface area contributed by atoms with E-state index < -0.39 is 15.8 Å². The maximum absolute atomic E-state index is 13.0. The Bertz CT molecular complexity index is 930. The lowest BCUT2D eigenvalue weighted by molar-refractivity contribution is 0.0930. The van der Waals surface area contributed by atoms with Crippen molar-refractivity contribution < 1.29 is 17.6 Å². The Kier molecular flexibility index (Phi) is 7.40. The number of halogens is 2. The summed E-state index contributed by atoms with van der Waals surface area (Å²) in [6, 6.07) is 9.64. The summed E-state index contributed by atoms with van der Waals surface area (Å²) in [4.78, 5) is 12.5. The number of anilines is 1. The van der Waals surface area contributed by atoms with Crippen molar-refractivity contribution in [2.24, 2.45) is 0 Å². The number of carbonyl (C=O) groups is 1. The molecule has 0 saturated carbocycles. The van der Waals surface area contributed by atoms with E-state index in [1.807, 2.05) is 0 Å². The molecule has 2 aromatic carbocycles. The summed E-state index contributed by atoms with van der Waals surface area (Å²) < 4.78 is 40.9. The monoisotopic (exact) mass is 427 g/mol. The number of rotatable bonds is 5. The number of aryl methyl sites for hydroxylation is 1. The van der Waals surface area contributed by atoms with Crippen molar-refractivity contribution >= 4 is 34.0 Å². The van der Waals surface area contributed by atoms with E-state index in [9.17, 15) is 17.6 Å². The maximum Gasteiger partial charge on any atom is 0.262 e. The van der Waals surface area contributed by atoms with E-state index in [4.69, 9.17) is 0 Å². The second-order valence-electron chi connectivity index (χ2n) is 6.61. The van der Waals surface area contributed by atoms with E-state index in [0.29, 0.717) is 12.1 Å². The summed E-state index contributed by atoms with van der Waals surface area (Å²) in [5.74, 6) is -0.757. The van der Waals surface area contributed by atoms with Gasteiger partial charge >= 0.3 is 0 Å². The van der Waals surface area contributed by atoms with Crippen LogP contribution in [0.4, 0.5) is 10.1 Å². The molecule has 9 heteroatoms. The van der Waals surface area contributed by atoms with Gasteiger partial charge < -0.3 is 10.6 Å². The van der Waals surface area contributed by atoms with Crippen LogP contribution in [-0.2, 0) is 10.0 Å². The fourth-order valence-corrected chi connectivity index (χ4v) is 4.33. The molecule has 1 amide bonds. The number of hydrogen-bond acceptors (Lipinski definition) is 4. The van der Waals surface area contributed by atoms with E-state index in [1.54, 1.807) is 19.1 Å². The number of sulfonamides is 1. The van der Waals surface area contributed by atoms with E-state index in [1.165, 1.54) is 30.3 Å². The van der Waals surface area contributed by atoms with Gasteiger partial charge in [0.05, 0.1) is 4.90 Å². The second kappa shape index (κ2) is 9.36. The normalized spacial score (nSPS) is 16.7. The Morgan fingerprint density at radius 1 is 1.18 bits per heavy atom. The van der Waals surface area contributed by atoms with Gasteiger partial charge in [0.15, 0.2) is 0 Å². The molecule has 1 fully saturated rings. The van der Waals surface area contributed by atoms with Crippen LogP contribution in [0, 0.1) is 12.7 Å². The third-order valence-corrected chi connectivity index (χ3v) is 5.99. The molecule has 1 atom stereocenters. The van der Waals surface area contributed by atoms with E-state index >= 15 is 0 Å². The van der Waals surface area contributed by atoms with Gasteiger partial charge in [0, 0.05) is 23.8 Å². The van der Waals surface area contributed by atoms with Gasteiger partial charge in [-0.3, -0.25) is 9.52 Å². The first-order valence-corrected chi connectivity index (χ1v) is 10.2. The van der Waals surface area contributed by atoms with Crippen LogP contribution in [0.5, 0.6) is 0 Å². The molecule has 1 heterocycles. The molecule has 0 spiro atoms. The molecule has 0 aliphatic carbocycles. The van der Waals surface area contributed by atoms with Crippen molar-refractivity contribution in [1.82, 2.24) is 10.6 Å². The van der Waals surface area contributed by atoms with Crippen LogP contribution in [0.1, 0.15) is 28.8 Å². The fourth-order valence-electron chi connectivity index (χ4n) is 3.00. The van der Waals surface area contributed by atoms with Gasteiger partial charge in [0.2, 0.25) is 0 Å². The largest absolute Gasteiger partial charge is 0.348 e.